The van der Waals surface area contributed by atoms with Crippen molar-refractivity contribution in [1.82, 2.24) is 4.90 Å². The molecule has 0 radical (unpaired) electrons. The summed E-state index contributed by atoms with van der Waals surface area (Å²) in [7, 11) is 0. The third-order valence-corrected chi connectivity index (χ3v) is 7.52. The number of furan rings is 1. The predicted octanol–water partition coefficient (Wildman–Crippen LogP) is 6.61. The highest BCUT2D eigenvalue weighted by Crippen LogP contribution is 2.41. The molecule has 1 N–H and O–H groups in total. The monoisotopic (exact) mass is 520 g/mol. The van der Waals surface area contributed by atoms with E-state index in [1.54, 1.807) is 12.1 Å². The summed E-state index contributed by atoms with van der Waals surface area (Å²) < 4.78 is 11.9. The summed E-state index contributed by atoms with van der Waals surface area (Å²) in [6.45, 7) is 4.99. The van der Waals surface area contributed by atoms with Crippen LogP contribution in [0.4, 0.5) is 5.69 Å². The van der Waals surface area contributed by atoms with Crippen LogP contribution in [0.5, 0.6) is 5.75 Å². The molecule has 2 heterocycles. The molecule has 3 aromatic carbocycles. The predicted molar refractivity (Wildman–Crippen MR) is 150 cm³/mol. The Morgan fingerprint density at radius 2 is 1.64 bits per heavy atom. The van der Waals surface area contributed by atoms with E-state index in [-0.39, 0.29) is 36.1 Å². The number of fused-ring (bicyclic) bond motifs is 1. The SMILES string of the molecule is Cc1ccc(NC(=O)c2ccc(COc3ccc4c(c3)C(c3ccc(C)cc3)N(C(=O)C3CC3)CC4)o2)cc1. The van der Waals surface area contributed by atoms with Crippen LogP contribution in [0.2, 0.25) is 0 Å². The quantitative estimate of drug-likeness (QED) is 0.298. The van der Waals surface area contributed by atoms with Crippen LogP contribution in [-0.2, 0) is 17.8 Å². The van der Waals surface area contributed by atoms with E-state index in [4.69, 9.17) is 9.15 Å². The molecule has 39 heavy (non-hydrogen) atoms. The Morgan fingerprint density at radius 1 is 0.923 bits per heavy atom. The fraction of sp³-hybridized carbons (Fsp3) is 0.273. The zero-order chi connectivity index (χ0) is 26.9. The molecule has 0 spiro atoms. The smallest absolute Gasteiger partial charge is 0.291 e. The molecule has 2 amide bonds. The second-order valence-electron chi connectivity index (χ2n) is 10.6. The van der Waals surface area contributed by atoms with Crippen LogP contribution in [-0.4, -0.2) is 23.3 Å². The molecule has 0 saturated heterocycles. The van der Waals surface area contributed by atoms with Gasteiger partial charge in [-0.15, -0.1) is 0 Å². The van der Waals surface area contributed by atoms with Gasteiger partial charge in [0.1, 0.15) is 18.1 Å². The molecule has 198 valence electrons. The van der Waals surface area contributed by atoms with Crippen LogP contribution < -0.4 is 10.1 Å². The first-order chi connectivity index (χ1) is 18.9. The van der Waals surface area contributed by atoms with Crippen molar-refractivity contribution in [3.05, 3.63) is 118 Å². The Labute approximate surface area is 228 Å². The van der Waals surface area contributed by atoms with Gasteiger partial charge < -0.3 is 19.4 Å². The van der Waals surface area contributed by atoms with Crippen LogP contribution in [0.25, 0.3) is 0 Å². The van der Waals surface area contributed by atoms with E-state index in [1.807, 2.05) is 37.3 Å². The van der Waals surface area contributed by atoms with Gasteiger partial charge in [-0.1, -0.05) is 53.6 Å². The Balaban J connectivity index is 1.19. The number of rotatable bonds is 7. The largest absolute Gasteiger partial charge is 0.486 e. The Morgan fingerprint density at radius 3 is 2.36 bits per heavy atom. The maximum Gasteiger partial charge on any atom is 0.291 e. The minimum absolute atomic E-state index is 0.133. The molecular formula is C33H32N2O4. The highest BCUT2D eigenvalue weighted by Gasteiger charge is 2.39. The number of amides is 2. The van der Waals surface area contributed by atoms with Crippen LogP contribution in [0.15, 0.2) is 83.3 Å². The Bertz CT molecular complexity index is 1500. The second-order valence-corrected chi connectivity index (χ2v) is 10.6. The van der Waals surface area contributed by atoms with Gasteiger partial charge in [-0.05, 0) is 86.2 Å². The van der Waals surface area contributed by atoms with Gasteiger partial charge in [0, 0.05) is 18.2 Å². The number of ether oxygens (including phenoxy) is 1. The summed E-state index contributed by atoms with van der Waals surface area (Å²) >= 11 is 0. The second kappa shape index (κ2) is 10.4. The topological polar surface area (TPSA) is 71.8 Å². The van der Waals surface area contributed by atoms with Crippen molar-refractivity contribution in [1.29, 1.82) is 0 Å². The third kappa shape index (κ3) is 5.46. The Hall–Kier alpha value is -4.32. The zero-order valence-electron chi connectivity index (χ0n) is 22.3. The van der Waals surface area contributed by atoms with E-state index in [0.717, 1.165) is 42.5 Å². The van der Waals surface area contributed by atoms with Gasteiger partial charge in [-0.2, -0.15) is 0 Å². The van der Waals surface area contributed by atoms with E-state index < -0.39 is 0 Å². The van der Waals surface area contributed by atoms with Crippen molar-refractivity contribution in [2.24, 2.45) is 5.92 Å². The number of anilines is 1. The number of carbonyl (C=O) groups excluding carboxylic acids is 2. The lowest BCUT2D eigenvalue weighted by atomic mass is 9.87. The van der Waals surface area contributed by atoms with Crippen molar-refractivity contribution in [3.8, 4) is 5.75 Å². The number of aryl methyl sites for hydroxylation is 2. The van der Waals surface area contributed by atoms with Gasteiger partial charge in [0.2, 0.25) is 5.91 Å². The molecule has 1 unspecified atom stereocenters. The fourth-order valence-electron chi connectivity index (χ4n) is 5.15. The van der Waals surface area contributed by atoms with E-state index in [2.05, 4.69) is 53.5 Å². The molecule has 4 aromatic rings. The van der Waals surface area contributed by atoms with Crippen molar-refractivity contribution in [3.63, 3.8) is 0 Å². The van der Waals surface area contributed by atoms with Crippen LogP contribution in [0, 0.1) is 19.8 Å². The van der Waals surface area contributed by atoms with Gasteiger partial charge in [0.05, 0.1) is 6.04 Å². The molecule has 2 aliphatic rings. The van der Waals surface area contributed by atoms with Crippen LogP contribution in [0.3, 0.4) is 0 Å². The highest BCUT2D eigenvalue weighted by molar-refractivity contribution is 6.02. The first kappa shape index (κ1) is 25.0. The van der Waals surface area contributed by atoms with Gasteiger partial charge in [-0.3, -0.25) is 9.59 Å². The van der Waals surface area contributed by atoms with Crippen molar-refractivity contribution in [2.45, 2.75) is 45.8 Å². The number of benzene rings is 3. The van der Waals surface area contributed by atoms with Crippen LogP contribution in [0.1, 0.15) is 63.0 Å². The van der Waals surface area contributed by atoms with Crippen molar-refractivity contribution >= 4 is 17.5 Å². The molecule has 1 aromatic heterocycles. The van der Waals surface area contributed by atoms with Crippen molar-refractivity contribution in [2.75, 3.05) is 11.9 Å². The molecule has 1 aliphatic heterocycles. The van der Waals surface area contributed by atoms with Crippen LogP contribution >= 0.6 is 0 Å². The average Bonchev–Trinajstić information content (AvgIpc) is 3.69. The summed E-state index contributed by atoms with van der Waals surface area (Å²) in [4.78, 5) is 27.9. The average molecular weight is 521 g/mol. The minimum atomic E-state index is -0.305. The zero-order valence-corrected chi connectivity index (χ0v) is 22.3. The number of carbonyl (C=O) groups is 2. The lowest BCUT2D eigenvalue weighted by Crippen LogP contribution is -2.41. The molecule has 1 aliphatic carbocycles. The number of hydrogen-bond donors (Lipinski definition) is 1. The van der Waals surface area contributed by atoms with E-state index >= 15 is 0 Å². The molecule has 0 bridgehead atoms. The Kier molecular flexibility index (Phi) is 6.69. The maximum absolute atomic E-state index is 13.3. The van der Waals surface area contributed by atoms with Gasteiger partial charge in [0.25, 0.3) is 5.91 Å². The van der Waals surface area contributed by atoms with Gasteiger partial charge >= 0.3 is 0 Å². The molecule has 1 atom stereocenters. The lowest BCUT2D eigenvalue weighted by Gasteiger charge is -2.38. The summed E-state index contributed by atoms with van der Waals surface area (Å²) in [6, 6.07) is 25.5. The van der Waals surface area contributed by atoms with E-state index in [9.17, 15) is 9.59 Å². The third-order valence-electron chi connectivity index (χ3n) is 7.52. The first-order valence-corrected chi connectivity index (χ1v) is 13.5. The van der Waals surface area contributed by atoms with E-state index in [0.29, 0.717) is 17.2 Å². The molecule has 6 heteroatoms. The molecule has 1 fully saturated rings. The van der Waals surface area contributed by atoms with E-state index in [1.165, 1.54) is 11.1 Å². The normalized spacial score (nSPS) is 16.5. The number of nitrogens with zero attached hydrogens (tertiary/aromatic N) is 1. The number of hydrogen-bond acceptors (Lipinski definition) is 4. The molecule has 6 rings (SSSR count). The summed E-state index contributed by atoms with van der Waals surface area (Å²) in [5, 5.41) is 2.85. The first-order valence-electron chi connectivity index (χ1n) is 13.5. The minimum Gasteiger partial charge on any atom is -0.486 e. The molecular weight excluding hydrogens is 488 g/mol. The summed E-state index contributed by atoms with van der Waals surface area (Å²) in [6.07, 6.45) is 2.80. The van der Waals surface area contributed by atoms with Crippen molar-refractivity contribution < 1.29 is 18.7 Å². The van der Waals surface area contributed by atoms with Gasteiger partial charge in [-0.25, -0.2) is 0 Å². The lowest BCUT2D eigenvalue weighted by molar-refractivity contribution is -0.134. The highest BCUT2D eigenvalue weighted by atomic mass is 16.5. The molecule has 1 saturated carbocycles. The fourth-order valence-corrected chi connectivity index (χ4v) is 5.15. The summed E-state index contributed by atoms with van der Waals surface area (Å²) in [5.74, 6) is 1.60. The number of nitrogens with one attached hydrogen (secondary N) is 1. The summed E-state index contributed by atoms with van der Waals surface area (Å²) in [5.41, 5.74) is 6.49. The standard InChI is InChI=1S/C33H32N2O4/c1-21-3-7-24(8-4-21)31-29-19-27(14-11-23(29)17-18-35(31)33(37)25-9-10-25)38-20-28-15-16-30(39-28)32(36)34-26-12-5-22(2)6-13-26/h3-8,11-16,19,25,31H,9-10,17-18,20H2,1-2H3,(H,34,36). The molecule has 6 nitrogen and oxygen atoms in total. The maximum atomic E-state index is 13.3. The van der Waals surface area contributed by atoms with Gasteiger partial charge in [0.15, 0.2) is 5.76 Å².